The monoisotopic (exact) mass is 379 g/mol. The molecule has 3 heterocycles. The first-order chi connectivity index (χ1) is 13.8. The van der Waals surface area contributed by atoms with Crippen LogP contribution in [-0.4, -0.2) is 53.7 Å². The van der Waals surface area contributed by atoms with E-state index in [1.54, 1.807) is 4.68 Å². The molecule has 0 spiro atoms. The lowest BCUT2D eigenvalue weighted by atomic mass is 9.96. The second kappa shape index (κ2) is 8.33. The molecular formula is C20H25N7O. The van der Waals surface area contributed by atoms with Gasteiger partial charge in [0.05, 0.1) is 5.69 Å². The number of aromatic nitrogens is 6. The fourth-order valence-electron chi connectivity index (χ4n) is 3.79. The Morgan fingerprint density at radius 3 is 2.86 bits per heavy atom. The number of likely N-dealkylation sites (tertiary alicyclic amines) is 1. The Bertz CT molecular complexity index is 901. The molecule has 1 saturated heterocycles. The van der Waals surface area contributed by atoms with Gasteiger partial charge in [-0.05, 0) is 54.0 Å². The molecule has 0 bridgehead atoms. The van der Waals surface area contributed by atoms with E-state index in [1.165, 1.54) is 6.33 Å². The molecule has 8 heteroatoms. The fourth-order valence-corrected chi connectivity index (χ4v) is 3.79. The van der Waals surface area contributed by atoms with E-state index >= 15 is 0 Å². The lowest BCUT2D eigenvalue weighted by Gasteiger charge is -2.33. The van der Waals surface area contributed by atoms with E-state index in [0.717, 1.165) is 56.8 Å². The topological polar surface area (TPSA) is 81.7 Å². The summed E-state index contributed by atoms with van der Waals surface area (Å²) < 4.78 is 3.82. The van der Waals surface area contributed by atoms with Gasteiger partial charge >= 0.3 is 0 Å². The summed E-state index contributed by atoms with van der Waals surface area (Å²) in [5.74, 6) is 1.48. The molecule has 1 atom stereocenters. The summed E-state index contributed by atoms with van der Waals surface area (Å²) >= 11 is 0. The van der Waals surface area contributed by atoms with Crippen molar-refractivity contribution in [3.05, 3.63) is 54.4 Å². The average Bonchev–Trinajstić information content (AvgIpc) is 3.44. The van der Waals surface area contributed by atoms with Crippen molar-refractivity contribution in [3.63, 3.8) is 0 Å². The van der Waals surface area contributed by atoms with Gasteiger partial charge in [0.1, 0.15) is 12.2 Å². The average molecular weight is 379 g/mol. The zero-order chi connectivity index (χ0) is 19.3. The molecule has 1 fully saturated rings. The third-order valence-electron chi connectivity index (χ3n) is 5.30. The first-order valence-electron chi connectivity index (χ1n) is 9.90. The number of carbonyl (C=O) groups is 1. The standard InChI is InChI=1S/C20H25N7O/c1-2-3-11-25-13-10-21-19(25)17-5-4-12-26(14-17)20(28)16-6-8-18(9-7-16)27-15-22-23-24-27/h6-10,13,15,17H,2-5,11-12,14H2,1H3/t17-/m0/s1. The number of hydrogen-bond acceptors (Lipinski definition) is 5. The first kappa shape index (κ1) is 18.3. The van der Waals surface area contributed by atoms with E-state index in [4.69, 9.17) is 0 Å². The van der Waals surface area contributed by atoms with Crippen molar-refractivity contribution in [3.8, 4) is 5.69 Å². The lowest BCUT2D eigenvalue weighted by molar-refractivity contribution is 0.0703. The summed E-state index contributed by atoms with van der Waals surface area (Å²) in [5.41, 5.74) is 1.52. The van der Waals surface area contributed by atoms with Crippen molar-refractivity contribution in [2.45, 2.75) is 45.1 Å². The Balaban J connectivity index is 1.45. The minimum atomic E-state index is 0.0691. The fraction of sp³-hybridized carbons (Fsp3) is 0.450. The minimum Gasteiger partial charge on any atom is -0.338 e. The molecule has 8 nitrogen and oxygen atoms in total. The number of unbranched alkanes of at least 4 members (excludes halogenated alkanes) is 1. The maximum Gasteiger partial charge on any atom is 0.253 e. The van der Waals surface area contributed by atoms with Crippen LogP contribution in [0, 0.1) is 0 Å². The second-order valence-electron chi connectivity index (χ2n) is 7.22. The Labute approximate surface area is 164 Å². The highest BCUT2D eigenvalue weighted by Crippen LogP contribution is 2.27. The van der Waals surface area contributed by atoms with Crippen LogP contribution < -0.4 is 0 Å². The van der Waals surface area contributed by atoms with Crippen LogP contribution in [0.5, 0.6) is 0 Å². The van der Waals surface area contributed by atoms with Crippen LogP contribution in [0.1, 0.15) is 54.7 Å². The first-order valence-corrected chi connectivity index (χ1v) is 9.90. The van der Waals surface area contributed by atoms with Crippen molar-refractivity contribution in [2.75, 3.05) is 13.1 Å². The van der Waals surface area contributed by atoms with Gasteiger partial charge in [0.25, 0.3) is 5.91 Å². The quantitative estimate of drug-likeness (QED) is 0.658. The molecule has 1 amide bonds. The van der Waals surface area contributed by atoms with Gasteiger partial charge in [0.15, 0.2) is 0 Å². The normalized spacial score (nSPS) is 17.0. The predicted octanol–water partition coefficient (Wildman–Crippen LogP) is 2.68. The smallest absolute Gasteiger partial charge is 0.253 e. The molecule has 146 valence electrons. The van der Waals surface area contributed by atoms with Gasteiger partial charge in [-0.3, -0.25) is 4.79 Å². The van der Waals surface area contributed by atoms with Gasteiger partial charge < -0.3 is 9.47 Å². The van der Waals surface area contributed by atoms with Gasteiger partial charge in [-0.1, -0.05) is 13.3 Å². The van der Waals surface area contributed by atoms with Crippen LogP contribution in [0.25, 0.3) is 5.69 Å². The van der Waals surface area contributed by atoms with E-state index in [2.05, 4.69) is 38.2 Å². The van der Waals surface area contributed by atoms with Crippen LogP contribution in [0.15, 0.2) is 43.0 Å². The Morgan fingerprint density at radius 1 is 1.25 bits per heavy atom. The number of aryl methyl sites for hydroxylation is 1. The molecular weight excluding hydrogens is 354 g/mol. The maximum atomic E-state index is 13.0. The highest BCUT2D eigenvalue weighted by atomic mass is 16.2. The van der Waals surface area contributed by atoms with Crippen molar-refractivity contribution < 1.29 is 4.79 Å². The molecule has 4 rings (SSSR count). The molecule has 0 saturated carbocycles. The van der Waals surface area contributed by atoms with Crippen molar-refractivity contribution >= 4 is 5.91 Å². The third kappa shape index (κ3) is 3.81. The van der Waals surface area contributed by atoms with E-state index in [1.807, 2.05) is 35.4 Å². The Morgan fingerprint density at radius 2 is 2.11 bits per heavy atom. The highest BCUT2D eigenvalue weighted by Gasteiger charge is 2.28. The lowest BCUT2D eigenvalue weighted by Crippen LogP contribution is -2.39. The zero-order valence-corrected chi connectivity index (χ0v) is 16.1. The minimum absolute atomic E-state index is 0.0691. The van der Waals surface area contributed by atoms with E-state index in [0.29, 0.717) is 11.5 Å². The summed E-state index contributed by atoms with van der Waals surface area (Å²) in [6.07, 6.45) is 9.85. The van der Waals surface area contributed by atoms with Gasteiger partial charge in [-0.15, -0.1) is 5.10 Å². The van der Waals surface area contributed by atoms with E-state index in [9.17, 15) is 4.79 Å². The molecule has 0 radical (unpaired) electrons. The van der Waals surface area contributed by atoms with Gasteiger partial charge in [-0.25, -0.2) is 9.67 Å². The number of hydrogen-bond donors (Lipinski definition) is 0. The number of rotatable bonds is 6. The SMILES string of the molecule is CCCCn1ccnc1[C@H]1CCCN(C(=O)c2ccc(-n3cnnn3)cc2)C1. The van der Waals surface area contributed by atoms with Crippen molar-refractivity contribution in [2.24, 2.45) is 0 Å². The number of amides is 1. The molecule has 3 aromatic rings. The molecule has 1 aliphatic heterocycles. The Hall–Kier alpha value is -3.03. The zero-order valence-electron chi connectivity index (χ0n) is 16.1. The molecule has 0 N–H and O–H groups in total. The van der Waals surface area contributed by atoms with Crippen LogP contribution >= 0.6 is 0 Å². The largest absolute Gasteiger partial charge is 0.338 e. The number of carbonyl (C=O) groups excluding carboxylic acids is 1. The number of nitrogens with zero attached hydrogens (tertiary/aromatic N) is 7. The second-order valence-corrected chi connectivity index (χ2v) is 7.22. The van der Waals surface area contributed by atoms with Gasteiger partial charge in [0.2, 0.25) is 0 Å². The number of tetrazole rings is 1. The van der Waals surface area contributed by atoms with Gasteiger partial charge in [-0.2, -0.15) is 0 Å². The van der Waals surface area contributed by atoms with Gasteiger partial charge in [0, 0.05) is 43.5 Å². The van der Waals surface area contributed by atoms with E-state index in [-0.39, 0.29) is 5.91 Å². The molecule has 28 heavy (non-hydrogen) atoms. The van der Waals surface area contributed by atoms with Crippen molar-refractivity contribution in [1.29, 1.82) is 0 Å². The number of benzene rings is 1. The molecule has 1 aromatic carbocycles. The van der Waals surface area contributed by atoms with Crippen LogP contribution in [-0.2, 0) is 6.54 Å². The predicted molar refractivity (Wildman–Crippen MR) is 104 cm³/mol. The van der Waals surface area contributed by atoms with Crippen LogP contribution in [0.2, 0.25) is 0 Å². The molecule has 0 aliphatic carbocycles. The number of imidazole rings is 1. The summed E-state index contributed by atoms with van der Waals surface area (Å²) in [6.45, 7) is 4.70. The van der Waals surface area contributed by atoms with E-state index < -0.39 is 0 Å². The Kier molecular flexibility index (Phi) is 5.45. The third-order valence-corrected chi connectivity index (χ3v) is 5.30. The molecule has 2 aromatic heterocycles. The summed E-state index contributed by atoms with van der Waals surface area (Å²) in [7, 11) is 0. The molecule has 0 unspecified atom stereocenters. The van der Waals surface area contributed by atoms with Crippen LogP contribution in [0.4, 0.5) is 0 Å². The molecule has 1 aliphatic rings. The summed E-state index contributed by atoms with van der Waals surface area (Å²) in [4.78, 5) is 19.6. The summed E-state index contributed by atoms with van der Waals surface area (Å²) in [5, 5.41) is 11.1. The number of piperidine rings is 1. The highest BCUT2D eigenvalue weighted by molar-refractivity contribution is 5.94. The van der Waals surface area contributed by atoms with Crippen LogP contribution in [0.3, 0.4) is 0 Å². The van der Waals surface area contributed by atoms with Crippen molar-refractivity contribution in [1.82, 2.24) is 34.7 Å². The maximum absolute atomic E-state index is 13.0. The summed E-state index contributed by atoms with van der Waals surface area (Å²) in [6, 6.07) is 7.40.